The topological polar surface area (TPSA) is 58.6 Å². The molecule has 1 aromatic heterocycles. The maximum atomic E-state index is 14.7. The summed E-state index contributed by atoms with van der Waals surface area (Å²) in [6.45, 7) is 0.535. The second kappa shape index (κ2) is 9.44. The lowest BCUT2D eigenvalue weighted by atomic mass is 9.86. The average molecular weight is 448 g/mol. The first-order valence-electron chi connectivity index (χ1n) is 10.9. The zero-order valence-electron chi connectivity index (χ0n) is 18.2. The highest BCUT2D eigenvalue weighted by atomic mass is 19.1. The highest BCUT2D eigenvalue weighted by Crippen LogP contribution is 2.40. The molecule has 2 aliphatic rings. The summed E-state index contributed by atoms with van der Waals surface area (Å²) in [6.07, 6.45) is 3.60. The predicted molar refractivity (Wildman–Crippen MR) is 115 cm³/mol. The monoisotopic (exact) mass is 448 g/mol. The Morgan fingerprint density at radius 1 is 1.16 bits per heavy atom. The number of hydrogen-bond acceptors (Lipinski definition) is 5. The van der Waals surface area contributed by atoms with Crippen LogP contribution in [0.5, 0.6) is 0 Å². The molecule has 2 aromatic rings. The van der Waals surface area contributed by atoms with Crippen molar-refractivity contribution in [1.82, 2.24) is 9.97 Å². The smallest absolute Gasteiger partial charge is 0.229 e. The van der Waals surface area contributed by atoms with E-state index in [1.165, 1.54) is 11.2 Å². The van der Waals surface area contributed by atoms with Crippen molar-refractivity contribution in [3.63, 3.8) is 0 Å². The van der Waals surface area contributed by atoms with Crippen LogP contribution >= 0.6 is 0 Å². The van der Waals surface area contributed by atoms with Gasteiger partial charge < -0.3 is 14.5 Å². The number of hydrogen-bond donors (Lipinski definition) is 0. The molecule has 1 aromatic carbocycles. The van der Waals surface area contributed by atoms with E-state index in [0.29, 0.717) is 31.6 Å². The summed E-state index contributed by atoms with van der Waals surface area (Å²) in [6, 6.07) is 3.10. The van der Waals surface area contributed by atoms with E-state index in [2.05, 4.69) is 9.97 Å². The Morgan fingerprint density at radius 3 is 2.56 bits per heavy atom. The molecule has 32 heavy (non-hydrogen) atoms. The molecule has 0 unspecified atom stereocenters. The van der Waals surface area contributed by atoms with Gasteiger partial charge in [0, 0.05) is 32.2 Å². The standard InChI is InChI=1S/C23H27F3N4O2/c1-29(23(31)14-3-6-17(32-2)7-4-14)21-20(18-11-15(24)5-8-19(18)26)27-13-28-22(21)30-10-9-16(25)12-30/h5,8,11,13-14,16-17H,3-4,6-7,9-10,12H2,1-2H3/t14?,16-,17?/m0/s1. The van der Waals surface area contributed by atoms with E-state index in [9.17, 15) is 18.0 Å². The van der Waals surface area contributed by atoms with Crippen LogP contribution in [-0.2, 0) is 9.53 Å². The second-order valence-corrected chi connectivity index (χ2v) is 8.46. The van der Waals surface area contributed by atoms with Gasteiger partial charge in [-0.3, -0.25) is 4.79 Å². The highest BCUT2D eigenvalue weighted by Gasteiger charge is 2.34. The van der Waals surface area contributed by atoms with Gasteiger partial charge in [-0.1, -0.05) is 0 Å². The lowest BCUT2D eigenvalue weighted by molar-refractivity contribution is -0.123. The Bertz CT molecular complexity index is 982. The lowest BCUT2D eigenvalue weighted by Crippen LogP contribution is -2.37. The van der Waals surface area contributed by atoms with E-state index >= 15 is 0 Å². The number of anilines is 2. The summed E-state index contributed by atoms with van der Waals surface area (Å²) in [4.78, 5) is 25.1. The van der Waals surface area contributed by atoms with Gasteiger partial charge in [-0.25, -0.2) is 23.1 Å². The summed E-state index contributed by atoms with van der Waals surface area (Å²) < 4.78 is 48.0. The molecular formula is C23H27F3N4O2. The number of rotatable bonds is 5. The first-order valence-corrected chi connectivity index (χ1v) is 10.9. The summed E-state index contributed by atoms with van der Waals surface area (Å²) in [5.74, 6) is -1.31. The number of halogens is 3. The average Bonchev–Trinajstić information content (AvgIpc) is 3.25. The largest absolute Gasteiger partial charge is 0.381 e. The van der Waals surface area contributed by atoms with Gasteiger partial charge in [-0.05, 0) is 50.3 Å². The van der Waals surface area contributed by atoms with Crippen LogP contribution in [0.15, 0.2) is 24.5 Å². The van der Waals surface area contributed by atoms with Gasteiger partial charge in [0.15, 0.2) is 5.82 Å². The first-order chi connectivity index (χ1) is 15.4. The second-order valence-electron chi connectivity index (χ2n) is 8.46. The van der Waals surface area contributed by atoms with Crippen molar-refractivity contribution in [3.05, 3.63) is 36.2 Å². The summed E-state index contributed by atoms with van der Waals surface area (Å²) in [7, 11) is 3.26. The first kappa shape index (κ1) is 22.5. The third-order valence-corrected chi connectivity index (χ3v) is 6.44. The fourth-order valence-corrected chi connectivity index (χ4v) is 4.63. The van der Waals surface area contributed by atoms with Crippen LogP contribution in [0, 0.1) is 17.6 Å². The van der Waals surface area contributed by atoms with Gasteiger partial charge >= 0.3 is 0 Å². The molecule has 1 saturated heterocycles. The van der Waals surface area contributed by atoms with Gasteiger partial charge in [0.05, 0.1) is 12.6 Å². The number of benzene rings is 1. The SMILES string of the molecule is COC1CCC(C(=O)N(C)c2c(-c3cc(F)ccc3F)ncnc2N2CC[C@H](F)C2)CC1. The molecule has 4 rings (SSSR count). The Hall–Kier alpha value is -2.68. The van der Waals surface area contributed by atoms with E-state index in [1.54, 1.807) is 19.1 Å². The fourth-order valence-electron chi connectivity index (χ4n) is 4.63. The van der Waals surface area contributed by atoms with E-state index < -0.39 is 17.8 Å². The number of amides is 1. The fraction of sp³-hybridized carbons (Fsp3) is 0.522. The molecule has 9 heteroatoms. The molecular weight excluding hydrogens is 421 g/mol. The van der Waals surface area contributed by atoms with Crippen molar-refractivity contribution in [1.29, 1.82) is 0 Å². The van der Waals surface area contributed by atoms with Crippen molar-refractivity contribution in [2.24, 2.45) is 5.92 Å². The van der Waals surface area contributed by atoms with Crippen LogP contribution in [0.4, 0.5) is 24.7 Å². The molecule has 0 spiro atoms. The quantitative estimate of drug-likeness (QED) is 0.688. The molecule has 1 atom stereocenters. The number of alkyl halides is 1. The van der Waals surface area contributed by atoms with Crippen molar-refractivity contribution in [2.45, 2.75) is 44.4 Å². The van der Waals surface area contributed by atoms with Crippen LogP contribution in [0.1, 0.15) is 32.1 Å². The van der Waals surface area contributed by atoms with Gasteiger partial charge in [0.1, 0.15) is 35.5 Å². The number of methoxy groups -OCH3 is 1. The minimum Gasteiger partial charge on any atom is -0.381 e. The van der Waals surface area contributed by atoms with Crippen LogP contribution in [0.25, 0.3) is 11.3 Å². The van der Waals surface area contributed by atoms with E-state index in [4.69, 9.17) is 4.74 Å². The zero-order chi connectivity index (χ0) is 22.8. The molecule has 0 bridgehead atoms. The summed E-state index contributed by atoms with van der Waals surface area (Å²) >= 11 is 0. The molecule has 2 heterocycles. The maximum absolute atomic E-state index is 14.7. The third kappa shape index (κ3) is 4.44. The highest BCUT2D eigenvalue weighted by molar-refractivity contribution is 6.01. The molecule has 0 radical (unpaired) electrons. The molecule has 0 N–H and O–H groups in total. The lowest BCUT2D eigenvalue weighted by Gasteiger charge is -2.32. The Morgan fingerprint density at radius 2 is 1.91 bits per heavy atom. The Balaban J connectivity index is 1.75. The Kier molecular flexibility index (Phi) is 6.64. The minimum atomic E-state index is -1.02. The van der Waals surface area contributed by atoms with Crippen LogP contribution < -0.4 is 9.80 Å². The third-order valence-electron chi connectivity index (χ3n) is 6.44. The number of ether oxygens (including phenoxy) is 1. The van der Waals surface area contributed by atoms with Crippen LogP contribution in [-0.4, -0.2) is 55.4 Å². The summed E-state index contributed by atoms with van der Waals surface area (Å²) in [5, 5.41) is 0. The zero-order valence-corrected chi connectivity index (χ0v) is 18.2. The van der Waals surface area contributed by atoms with Crippen molar-refractivity contribution in [2.75, 3.05) is 37.0 Å². The van der Waals surface area contributed by atoms with Gasteiger partial charge in [0.2, 0.25) is 5.91 Å². The van der Waals surface area contributed by atoms with Gasteiger partial charge in [0.25, 0.3) is 0 Å². The maximum Gasteiger partial charge on any atom is 0.229 e. The molecule has 172 valence electrons. The molecule has 1 amide bonds. The number of carbonyl (C=O) groups excluding carboxylic acids is 1. The van der Waals surface area contributed by atoms with Crippen molar-refractivity contribution < 1.29 is 22.7 Å². The van der Waals surface area contributed by atoms with Crippen LogP contribution in [0.2, 0.25) is 0 Å². The number of aromatic nitrogens is 2. The van der Waals surface area contributed by atoms with Gasteiger partial charge in [-0.2, -0.15) is 0 Å². The Labute approximate surface area is 185 Å². The van der Waals surface area contributed by atoms with Crippen molar-refractivity contribution >= 4 is 17.4 Å². The molecule has 2 fully saturated rings. The molecule has 1 saturated carbocycles. The predicted octanol–water partition coefficient (Wildman–Crippen LogP) is 4.14. The van der Waals surface area contributed by atoms with E-state index in [1.807, 2.05) is 0 Å². The van der Waals surface area contributed by atoms with Crippen LogP contribution in [0.3, 0.4) is 0 Å². The van der Waals surface area contributed by atoms with E-state index in [-0.39, 0.29) is 41.4 Å². The number of nitrogens with zero attached hydrogens (tertiary/aromatic N) is 4. The van der Waals surface area contributed by atoms with Crippen molar-refractivity contribution in [3.8, 4) is 11.3 Å². The molecule has 1 aliphatic carbocycles. The molecule has 1 aliphatic heterocycles. The van der Waals surface area contributed by atoms with E-state index in [0.717, 1.165) is 31.0 Å². The number of carbonyl (C=O) groups is 1. The van der Waals surface area contributed by atoms with Gasteiger partial charge in [-0.15, -0.1) is 0 Å². The minimum absolute atomic E-state index is 0.0672. The summed E-state index contributed by atoms with van der Waals surface area (Å²) in [5.41, 5.74) is 0.308. The normalized spacial score (nSPS) is 23.4. The molecule has 6 nitrogen and oxygen atoms in total.